The molecule has 0 spiro atoms. The zero-order valence-electron chi connectivity index (χ0n) is 29.6. The molecule has 0 saturated heterocycles. The van der Waals surface area contributed by atoms with Gasteiger partial charge in [0.05, 0.1) is 22.8 Å². The van der Waals surface area contributed by atoms with Crippen LogP contribution >= 0.6 is 0 Å². The van der Waals surface area contributed by atoms with Gasteiger partial charge in [-0.25, -0.2) is 9.97 Å². The molecule has 256 valence electrons. The number of aromatic nitrogens is 4. The van der Waals surface area contributed by atoms with Gasteiger partial charge in [0.1, 0.15) is 0 Å². The Hall–Kier alpha value is -2.65. The Labute approximate surface area is 295 Å². The van der Waals surface area contributed by atoms with Gasteiger partial charge in [-0.15, -0.1) is 22.1 Å². The summed E-state index contributed by atoms with van der Waals surface area (Å²) in [6.07, 6.45) is 3.74. The molecule has 3 aromatic heterocycles. The van der Waals surface area contributed by atoms with Crippen LogP contribution in [-0.2, 0) is 32.3 Å². The fraction of sp³-hybridized carbons (Fsp3) is 0.444. The first-order valence-corrected chi connectivity index (χ1v) is 15.3. The maximum absolute atomic E-state index is 5.11. The molecule has 10 heteroatoms. The summed E-state index contributed by atoms with van der Waals surface area (Å²) in [5.74, 6) is 0. The number of hydrogen-bond acceptors (Lipinski definition) is 4. The molecule has 0 fully saturated rings. The van der Waals surface area contributed by atoms with Gasteiger partial charge in [-0.05, 0) is 110 Å². The van der Waals surface area contributed by atoms with E-state index in [-0.39, 0.29) is 42.8 Å². The second kappa shape index (κ2) is 20.6. The molecule has 0 aromatic carbocycles. The molecular formula is C36H54ClN6O2Rh. The Morgan fingerprint density at radius 3 is 1.24 bits per heavy atom. The molecule has 6 N–H and O–H groups in total. The van der Waals surface area contributed by atoms with E-state index in [4.69, 9.17) is 19.9 Å². The van der Waals surface area contributed by atoms with Crippen molar-refractivity contribution in [2.24, 2.45) is 0 Å². The van der Waals surface area contributed by atoms with Crippen molar-refractivity contribution >= 4 is 44.4 Å². The average molecular weight is 741 g/mol. The van der Waals surface area contributed by atoms with Gasteiger partial charge >= 0.3 is 19.5 Å². The zero-order valence-corrected chi connectivity index (χ0v) is 32.0. The third-order valence-corrected chi connectivity index (χ3v) is 8.06. The van der Waals surface area contributed by atoms with Crippen molar-refractivity contribution < 1.29 is 42.8 Å². The number of hydrogen-bond donors (Lipinski definition) is 2. The van der Waals surface area contributed by atoms with Gasteiger partial charge in [0.25, 0.3) is 0 Å². The van der Waals surface area contributed by atoms with Crippen molar-refractivity contribution in [2.45, 2.75) is 81.1 Å². The summed E-state index contributed by atoms with van der Waals surface area (Å²) in [6, 6.07) is 8.72. The van der Waals surface area contributed by atoms with E-state index < -0.39 is 0 Å². The van der Waals surface area contributed by atoms with Crippen molar-refractivity contribution in [3.63, 3.8) is 0 Å². The Morgan fingerprint density at radius 2 is 0.848 bits per heavy atom. The van der Waals surface area contributed by atoms with E-state index in [1.54, 1.807) is 0 Å². The summed E-state index contributed by atoms with van der Waals surface area (Å²) in [4.78, 5) is 20.4. The molecule has 5 rings (SSSR count). The minimum atomic E-state index is 0. The van der Waals surface area contributed by atoms with Gasteiger partial charge in [-0.1, -0.05) is 68.1 Å². The summed E-state index contributed by atoms with van der Waals surface area (Å²) in [6.45, 7) is 17.6. The minimum Gasteiger partial charge on any atom is -1.00 e. The van der Waals surface area contributed by atoms with Crippen LogP contribution in [0.5, 0.6) is 0 Å². The molecule has 0 atom stereocenters. The Bertz CT molecular complexity index is 1670. The van der Waals surface area contributed by atoms with Gasteiger partial charge < -0.3 is 44.0 Å². The van der Waals surface area contributed by atoms with Gasteiger partial charge in [0, 0.05) is 0 Å². The molecule has 46 heavy (non-hydrogen) atoms. The summed E-state index contributed by atoms with van der Waals surface area (Å²) in [5, 5.41) is 5.50. The molecule has 0 aliphatic carbocycles. The number of fused-ring (bicyclic) bond motifs is 8. The first kappa shape index (κ1) is 45.5. The SMILES string of the molecule is CCC1=C(C)c2cc3[n-]c(cc4[n-]c(cc5nc(cc1n2)C(C)=C5CC)c(C)c4CC)c(C)c3CC.CNC.CNC.O.O.[Cl-].[Rh+3]. The average Bonchev–Trinajstić information content (AvgIpc) is 3.62. The number of rotatable bonds is 4. The monoisotopic (exact) mass is 740 g/mol. The first-order valence-electron chi connectivity index (χ1n) is 15.3. The fourth-order valence-electron chi connectivity index (χ4n) is 5.85. The Morgan fingerprint density at radius 1 is 0.522 bits per heavy atom. The molecule has 8 nitrogen and oxygen atoms in total. The van der Waals surface area contributed by atoms with Gasteiger partial charge in [0.2, 0.25) is 0 Å². The largest absolute Gasteiger partial charge is 3.00 e. The van der Waals surface area contributed by atoms with Crippen molar-refractivity contribution in [1.29, 1.82) is 0 Å². The van der Waals surface area contributed by atoms with E-state index in [9.17, 15) is 0 Å². The quantitative estimate of drug-likeness (QED) is 0.395. The first-order chi connectivity index (χ1) is 20.1. The van der Waals surface area contributed by atoms with E-state index in [0.29, 0.717) is 0 Å². The standard InChI is InChI=1S/C32H36N4.2C2H7N.ClH.2H2O.Rh/c1-9-21-17(5)25-14-30-23(11-3)19(7)27(35-30)16-32-24(12-4)20(8)28(36-32)15-31-22(10-2)18(6)26(34-31)13-29(21)33-25;2*1-3-2;;;;/h13-16H,9-12H2,1-8H3;2*3H,1-2H3;1H;2*1H2;/q-2;;;;;;+3/p-1. The molecular weight excluding hydrogens is 687 g/mol. The predicted octanol–water partition coefficient (Wildman–Crippen LogP) is 3.02. The molecule has 0 amide bonds. The van der Waals surface area contributed by atoms with Crippen molar-refractivity contribution in [3.8, 4) is 0 Å². The molecule has 2 aliphatic rings. The van der Waals surface area contributed by atoms with Crippen LogP contribution in [0.1, 0.15) is 99.4 Å². The number of halogens is 1. The molecule has 8 bridgehead atoms. The van der Waals surface area contributed by atoms with E-state index in [1.165, 1.54) is 44.5 Å². The summed E-state index contributed by atoms with van der Waals surface area (Å²) < 4.78 is 0. The second-order valence-corrected chi connectivity index (χ2v) is 10.9. The second-order valence-electron chi connectivity index (χ2n) is 10.9. The smallest absolute Gasteiger partial charge is 1.00 e. The van der Waals surface area contributed by atoms with Crippen molar-refractivity contribution in [2.75, 3.05) is 28.2 Å². The maximum Gasteiger partial charge on any atom is 3.00 e. The number of nitrogens with zero attached hydrogens (tertiary/aromatic N) is 4. The number of allylic oxidation sites excluding steroid dienone is 4. The molecule has 2 aliphatic heterocycles. The predicted molar refractivity (Wildman–Crippen MR) is 190 cm³/mol. The van der Waals surface area contributed by atoms with Crippen molar-refractivity contribution in [1.82, 2.24) is 30.6 Å². The van der Waals surface area contributed by atoms with Gasteiger partial charge in [0.15, 0.2) is 0 Å². The normalized spacial score (nSPS) is 11.6. The summed E-state index contributed by atoms with van der Waals surface area (Å²) >= 11 is 0. The zero-order chi connectivity index (χ0) is 31.1. The molecule has 5 heterocycles. The molecule has 0 radical (unpaired) electrons. The minimum absolute atomic E-state index is 0. The van der Waals surface area contributed by atoms with Crippen LogP contribution < -0.4 is 33.0 Å². The van der Waals surface area contributed by atoms with Crippen LogP contribution in [0.2, 0.25) is 0 Å². The fourth-order valence-corrected chi connectivity index (χ4v) is 5.85. The van der Waals surface area contributed by atoms with E-state index >= 15 is 0 Å². The number of aryl methyl sites for hydroxylation is 4. The molecule has 3 aromatic rings. The van der Waals surface area contributed by atoms with E-state index in [2.05, 4.69) is 90.3 Å². The molecule has 0 saturated carbocycles. The van der Waals surface area contributed by atoms with E-state index in [1.807, 2.05) is 28.2 Å². The Kier molecular flexibility index (Phi) is 20.3. The van der Waals surface area contributed by atoms with Crippen LogP contribution in [0.25, 0.3) is 44.4 Å². The maximum atomic E-state index is 5.11. The topological polar surface area (TPSA) is 141 Å². The van der Waals surface area contributed by atoms with Crippen molar-refractivity contribution in [3.05, 3.63) is 69.3 Å². The van der Waals surface area contributed by atoms with E-state index in [0.717, 1.165) is 70.5 Å². The van der Waals surface area contributed by atoms with Crippen LogP contribution in [0.15, 0.2) is 24.3 Å². The molecule has 0 unspecified atom stereocenters. The summed E-state index contributed by atoms with van der Waals surface area (Å²) in [7, 11) is 7.50. The summed E-state index contributed by atoms with van der Waals surface area (Å²) in [5.41, 5.74) is 18.2. The van der Waals surface area contributed by atoms with Gasteiger partial charge in [-0.2, -0.15) is 0 Å². The van der Waals surface area contributed by atoms with Gasteiger partial charge in [-0.3, -0.25) is 0 Å². The van der Waals surface area contributed by atoms with Crippen LogP contribution in [0.3, 0.4) is 0 Å². The van der Waals surface area contributed by atoms with Crippen LogP contribution in [0.4, 0.5) is 0 Å². The third kappa shape index (κ3) is 9.24. The third-order valence-electron chi connectivity index (χ3n) is 8.06. The Balaban J connectivity index is 0. The number of nitrogens with one attached hydrogen (secondary N) is 2. The van der Waals surface area contributed by atoms with Crippen LogP contribution in [-0.4, -0.2) is 49.1 Å². The van der Waals surface area contributed by atoms with Crippen LogP contribution in [0, 0.1) is 13.8 Å².